The van der Waals surface area contributed by atoms with Crippen LogP contribution in [0.3, 0.4) is 0 Å². The monoisotopic (exact) mass is 308 g/mol. The summed E-state index contributed by atoms with van der Waals surface area (Å²) in [6.07, 6.45) is -0.333. The predicted molar refractivity (Wildman–Crippen MR) is 70.1 cm³/mol. The maximum atomic E-state index is 11.5. The number of nitrogens with zero attached hydrogens (tertiary/aromatic N) is 2. The molecule has 2 heterocycles. The summed E-state index contributed by atoms with van der Waals surface area (Å²) < 4.78 is 6.56. The molecule has 3 atom stereocenters. The number of rotatable bonds is 2. The summed E-state index contributed by atoms with van der Waals surface area (Å²) in [5, 5.41) is 18.4. The number of hydrogen-bond acceptors (Lipinski definition) is 9. The average Bonchev–Trinajstić information content (AvgIpc) is 2.69. The van der Waals surface area contributed by atoms with Gasteiger partial charge in [0.15, 0.2) is 0 Å². The Morgan fingerprint density at radius 2 is 2.15 bits per heavy atom. The third-order valence-corrected chi connectivity index (χ3v) is 2.55. The maximum Gasteiger partial charge on any atom is 0.351 e. The number of aliphatic hydroxyl groups is 2. The molecule has 20 heavy (non-hydrogen) atoms. The largest absolute Gasteiger partial charge is 0.394 e. The first-order chi connectivity index (χ1) is 9.35. The first kappa shape index (κ1) is 16.9. The molecule has 1 aliphatic heterocycles. The number of nitrogens with two attached hydrogens (primary N) is 2. The Morgan fingerprint density at radius 1 is 1.55 bits per heavy atom. The lowest BCUT2D eigenvalue weighted by Gasteiger charge is -2.13. The molecule has 11 heteroatoms. The van der Waals surface area contributed by atoms with Gasteiger partial charge in [0.25, 0.3) is 0 Å². The molecule has 1 saturated heterocycles. The highest BCUT2D eigenvalue weighted by atomic mass is 31.2. The molecule has 8 N–H and O–H groups in total. The third-order valence-electron chi connectivity index (χ3n) is 2.55. The molecule has 114 valence electrons. The lowest BCUT2D eigenvalue weighted by atomic mass is 10.2. The fourth-order valence-corrected chi connectivity index (χ4v) is 1.70. The van der Waals surface area contributed by atoms with E-state index in [0.29, 0.717) is 0 Å². The van der Waals surface area contributed by atoms with Gasteiger partial charge in [-0.1, -0.05) is 0 Å². The Kier molecular flexibility index (Phi) is 6.43. The van der Waals surface area contributed by atoms with Crippen LogP contribution in [-0.4, -0.2) is 48.4 Å². The fourth-order valence-electron chi connectivity index (χ4n) is 1.70. The van der Waals surface area contributed by atoms with Gasteiger partial charge in [0.05, 0.1) is 12.7 Å². The van der Waals surface area contributed by atoms with Gasteiger partial charge in [-0.15, -0.1) is 0 Å². The number of ether oxygens (including phenoxy) is 1. The van der Waals surface area contributed by atoms with Crippen LogP contribution < -0.4 is 16.9 Å². The molecule has 10 nitrogen and oxygen atoms in total. The van der Waals surface area contributed by atoms with Crippen LogP contribution in [0.25, 0.3) is 0 Å². The van der Waals surface area contributed by atoms with Crippen molar-refractivity contribution in [3.05, 3.63) is 22.7 Å². The summed E-state index contributed by atoms with van der Waals surface area (Å²) in [4.78, 5) is 29.9. The minimum atomic E-state index is -2.12. The Labute approximate surface area is 115 Å². The molecule has 1 fully saturated rings. The van der Waals surface area contributed by atoms with Gasteiger partial charge in [0, 0.05) is 12.6 Å². The molecule has 1 aromatic rings. The fraction of sp³-hybridized carbons (Fsp3) is 0.556. The number of aromatic nitrogens is 2. The summed E-state index contributed by atoms with van der Waals surface area (Å²) in [5.41, 5.74) is 9.11. The van der Waals surface area contributed by atoms with Gasteiger partial charge >= 0.3 is 5.69 Å². The highest BCUT2D eigenvalue weighted by Gasteiger charge is 2.34. The van der Waals surface area contributed by atoms with Crippen LogP contribution in [0.15, 0.2) is 17.1 Å². The van der Waals surface area contributed by atoms with Crippen molar-refractivity contribution in [2.45, 2.75) is 24.9 Å². The van der Waals surface area contributed by atoms with E-state index in [2.05, 4.69) is 10.5 Å². The molecule has 1 aliphatic rings. The Morgan fingerprint density at radius 3 is 2.60 bits per heavy atom. The Balaban J connectivity index is 0.000000444. The normalized spacial score (nSPS) is 25.4. The SMILES string of the molecule is NP(O)O.Nc1ccn([C@@H]2C[C@@H](O)[C@H](CO)O2)c(=O)n1. The lowest BCUT2D eigenvalue weighted by Crippen LogP contribution is -2.27. The van der Waals surface area contributed by atoms with Gasteiger partial charge in [0.2, 0.25) is 8.53 Å². The zero-order valence-electron chi connectivity index (χ0n) is 10.4. The topological polar surface area (TPSA) is 177 Å². The Hall–Kier alpha value is -1.13. The second-order valence-electron chi connectivity index (χ2n) is 3.98. The van der Waals surface area contributed by atoms with E-state index in [1.54, 1.807) is 0 Å². The van der Waals surface area contributed by atoms with E-state index in [-0.39, 0.29) is 18.8 Å². The molecule has 0 aliphatic carbocycles. The second-order valence-corrected chi connectivity index (χ2v) is 4.62. The summed E-state index contributed by atoms with van der Waals surface area (Å²) in [6, 6.07) is 1.48. The van der Waals surface area contributed by atoms with Crippen molar-refractivity contribution in [3.63, 3.8) is 0 Å². The molecule has 0 saturated carbocycles. The highest BCUT2D eigenvalue weighted by molar-refractivity contribution is 7.42. The van der Waals surface area contributed by atoms with Gasteiger partial charge in [0.1, 0.15) is 18.1 Å². The van der Waals surface area contributed by atoms with Gasteiger partial charge < -0.3 is 30.5 Å². The van der Waals surface area contributed by atoms with Crippen molar-refractivity contribution in [2.24, 2.45) is 5.50 Å². The molecular weight excluding hydrogens is 291 g/mol. The third kappa shape index (κ3) is 4.76. The van der Waals surface area contributed by atoms with Crippen molar-refractivity contribution in [1.29, 1.82) is 0 Å². The van der Waals surface area contributed by atoms with Crippen molar-refractivity contribution < 1.29 is 24.7 Å². The van der Waals surface area contributed by atoms with Crippen LogP contribution in [0.1, 0.15) is 12.6 Å². The van der Waals surface area contributed by atoms with Crippen LogP contribution in [0.5, 0.6) is 0 Å². The zero-order valence-corrected chi connectivity index (χ0v) is 11.3. The minimum Gasteiger partial charge on any atom is -0.394 e. The number of hydrogen-bond donors (Lipinski definition) is 6. The van der Waals surface area contributed by atoms with Crippen molar-refractivity contribution in [1.82, 2.24) is 9.55 Å². The van der Waals surface area contributed by atoms with E-state index >= 15 is 0 Å². The molecular formula is C9H17N4O6P. The number of anilines is 1. The predicted octanol–water partition coefficient (Wildman–Crippen LogP) is -2.38. The van der Waals surface area contributed by atoms with Crippen molar-refractivity contribution in [3.8, 4) is 0 Å². The minimum absolute atomic E-state index is 0.138. The first-order valence-corrected chi connectivity index (χ1v) is 6.88. The van der Waals surface area contributed by atoms with E-state index in [1.807, 2.05) is 0 Å². The van der Waals surface area contributed by atoms with E-state index < -0.39 is 32.7 Å². The molecule has 0 amide bonds. The summed E-state index contributed by atoms with van der Waals surface area (Å²) in [5.74, 6) is 0.138. The molecule has 2 rings (SSSR count). The molecule has 0 aromatic carbocycles. The van der Waals surface area contributed by atoms with Crippen LogP contribution >= 0.6 is 8.53 Å². The number of aliphatic hydroxyl groups excluding tert-OH is 2. The van der Waals surface area contributed by atoms with Gasteiger partial charge in [-0.2, -0.15) is 4.98 Å². The van der Waals surface area contributed by atoms with Crippen LogP contribution in [-0.2, 0) is 4.74 Å². The van der Waals surface area contributed by atoms with Gasteiger partial charge in [-0.05, 0) is 6.07 Å². The zero-order chi connectivity index (χ0) is 15.3. The van der Waals surface area contributed by atoms with Crippen LogP contribution in [0.4, 0.5) is 5.82 Å². The highest BCUT2D eigenvalue weighted by Crippen LogP contribution is 2.27. The van der Waals surface area contributed by atoms with Crippen molar-refractivity contribution in [2.75, 3.05) is 12.3 Å². The Bertz CT molecular complexity index is 481. The molecule has 0 spiro atoms. The maximum absolute atomic E-state index is 11.5. The smallest absolute Gasteiger partial charge is 0.351 e. The van der Waals surface area contributed by atoms with Crippen LogP contribution in [0.2, 0.25) is 0 Å². The van der Waals surface area contributed by atoms with Crippen molar-refractivity contribution >= 4 is 14.3 Å². The first-order valence-electron chi connectivity index (χ1n) is 5.56. The number of nitrogen functional groups attached to an aromatic ring is 1. The lowest BCUT2D eigenvalue weighted by molar-refractivity contribution is -0.0458. The standard InChI is InChI=1S/C9H13N3O4.H4NO2P/c10-7-1-2-12(9(15)11-7)8-3-5(14)6(4-13)16-8;1-4(2)3/h1-2,5-6,8,13-14H,3-4H2,(H2,10,11,15);2-3H,1H2/t5-,6+,8+;/m1./s1. The average molecular weight is 308 g/mol. The summed E-state index contributed by atoms with van der Waals surface area (Å²) >= 11 is 0. The second kappa shape index (κ2) is 7.60. The molecule has 0 unspecified atom stereocenters. The quantitative estimate of drug-likeness (QED) is 0.325. The van der Waals surface area contributed by atoms with Crippen LogP contribution in [0, 0.1) is 0 Å². The molecule has 0 radical (unpaired) electrons. The van der Waals surface area contributed by atoms with E-state index in [4.69, 9.17) is 25.4 Å². The van der Waals surface area contributed by atoms with E-state index in [1.165, 1.54) is 16.8 Å². The van der Waals surface area contributed by atoms with Gasteiger partial charge in [-0.3, -0.25) is 10.1 Å². The van der Waals surface area contributed by atoms with E-state index in [0.717, 1.165) is 0 Å². The molecule has 1 aromatic heterocycles. The van der Waals surface area contributed by atoms with Gasteiger partial charge in [-0.25, -0.2) is 4.79 Å². The summed E-state index contributed by atoms with van der Waals surface area (Å²) in [7, 11) is -2.12. The molecule has 0 bridgehead atoms. The van der Waals surface area contributed by atoms with E-state index in [9.17, 15) is 9.90 Å². The summed E-state index contributed by atoms with van der Waals surface area (Å²) in [6.45, 7) is -0.283.